The van der Waals surface area contributed by atoms with E-state index >= 15 is 0 Å². The third-order valence-electron chi connectivity index (χ3n) is 2.77. The molecule has 0 saturated carbocycles. The van der Waals surface area contributed by atoms with Gasteiger partial charge in [-0.05, 0) is 25.8 Å². The molecule has 1 aromatic rings. The molecule has 4 nitrogen and oxygen atoms in total. The van der Waals surface area contributed by atoms with Crippen molar-refractivity contribution in [1.29, 1.82) is 0 Å². The van der Waals surface area contributed by atoms with Crippen LogP contribution in [0.2, 0.25) is 0 Å². The number of aliphatic hydroxyl groups is 1. The van der Waals surface area contributed by atoms with Crippen molar-refractivity contribution in [2.45, 2.75) is 33.3 Å². The second-order valence-corrected chi connectivity index (χ2v) is 4.57. The molecule has 0 aliphatic rings. The minimum atomic E-state index is -0.558. The van der Waals surface area contributed by atoms with Crippen molar-refractivity contribution in [2.24, 2.45) is 4.99 Å². The molecule has 1 aromatic carbocycles. The van der Waals surface area contributed by atoms with Gasteiger partial charge < -0.3 is 15.7 Å². The molecule has 0 fully saturated rings. The lowest BCUT2D eigenvalue weighted by Gasteiger charge is -2.13. The zero-order chi connectivity index (χ0) is 14.1. The number of nitrogens with zero attached hydrogens (tertiary/aromatic N) is 1. The molecule has 114 valence electrons. The van der Waals surface area contributed by atoms with Gasteiger partial charge in [0.1, 0.15) is 0 Å². The first-order valence-electron chi connectivity index (χ1n) is 6.94. The molecule has 1 atom stereocenters. The van der Waals surface area contributed by atoms with E-state index in [-0.39, 0.29) is 24.0 Å². The number of aliphatic hydroxyl groups excluding tert-OH is 1. The summed E-state index contributed by atoms with van der Waals surface area (Å²) in [6.45, 7) is 8.23. The van der Waals surface area contributed by atoms with E-state index in [4.69, 9.17) is 0 Å². The van der Waals surface area contributed by atoms with Gasteiger partial charge in [-0.2, -0.15) is 0 Å². The fraction of sp³-hybridized carbons (Fsp3) is 0.533. The van der Waals surface area contributed by atoms with Gasteiger partial charge in [-0.1, -0.05) is 36.8 Å². The number of hydrogen-bond acceptors (Lipinski definition) is 2. The Labute approximate surface area is 139 Å². The monoisotopic (exact) mass is 391 g/mol. The Morgan fingerprint density at radius 2 is 1.85 bits per heavy atom. The second-order valence-electron chi connectivity index (χ2n) is 4.57. The zero-order valence-corrected chi connectivity index (χ0v) is 14.8. The maximum atomic E-state index is 10.1. The van der Waals surface area contributed by atoms with E-state index in [9.17, 15) is 5.11 Å². The summed E-state index contributed by atoms with van der Waals surface area (Å²) in [5, 5.41) is 16.5. The van der Waals surface area contributed by atoms with E-state index in [1.165, 1.54) is 5.56 Å². The number of guanidine groups is 1. The highest BCUT2D eigenvalue weighted by Crippen LogP contribution is 2.13. The van der Waals surface area contributed by atoms with Crippen LogP contribution in [0.15, 0.2) is 29.3 Å². The van der Waals surface area contributed by atoms with Crippen LogP contribution in [0.5, 0.6) is 0 Å². The Bertz CT molecular complexity index is 393. The summed E-state index contributed by atoms with van der Waals surface area (Å²) in [5.74, 6) is 0.760. The Balaban J connectivity index is 0.00000361. The smallest absolute Gasteiger partial charge is 0.191 e. The number of halogens is 1. The Morgan fingerprint density at radius 3 is 2.40 bits per heavy atom. The topological polar surface area (TPSA) is 56.7 Å². The number of rotatable bonds is 6. The predicted molar refractivity (Wildman–Crippen MR) is 95.8 cm³/mol. The van der Waals surface area contributed by atoms with E-state index in [0.717, 1.165) is 31.0 Å². The van der Waals surface area contributed by atoms with Crippen LogP contribution in [-0.4, -0.2) is 30.7 Å². The normalized spacial score (nSPS) is 12.5. The van der Waals surface area contributed by atoms with Crippen LogP contribution in [0.1, 0.15) is 37.5 Å². The predicted octanol–water partition coefficient (Wildman–Crippen LogP) is 2.61. The largest absolute Gasteiger partial charge is 0.386 e. The van der Waals surface area contributed by atoms with Gasteiger partial charge in [0.15, 0.2) is 5.96 Å². The van der Waals surface area contributed by atoms with E-state index in [0.29, 0.717) is 6.54 Å². The maximum Gasteiger partial charge on any atom is 0.191 e. The molecule has 0 bridgehead atoms. The van der Waals surface area contributed by atoms with E-state index < -0.39 is 6.10 Å². The molecule has 5 heteroatoms. The van der Waals surface area contributed by atoms with Crippen LogP contribution < -0.4 is 10.6 Å². The van der Waals surface area contributed by atoms with Crippen molar-refractivity contribution < 1.29 is 5.11 Å². The highest BCUT2D eigenvalue weighted by Gasteiger charge is 2.06. The molecule has 1 rings (SSSR count). The second kappa shape index (κ2) is 10.9. The van der Waals surface area contributed by atoms with Crippen LogP contribution >= 0.6 is 24.0 Å². The fourth-order valence-electron chi connectivity index (χ4n) is 1.66. The molecule has 0 spiro atoms. The summed E-state index contributed by atoms with van der Waals surface area (Å²) in [6, 6.07) is 7.90. The van der Waals surface area contributed by atoms with E-state index in [2.05, 4.69) is 22.5 Å². The number of aliphatic imine (C=N–C) groups is 1. The zero-order valence-electron chi connectivity index (χ0n) is 12.5. The van der Waals surface area contributed by atoms with Crippen LogP contribution in [0.3, 0.4) is 0 Å². The fourth-order valence-corrected chi connectivity index (χ4v) is 1.66. The number of aryl methyl sites for hydroxylation is 1. The summed E-state index contributed by atoms with van der Waals surface area (Å²) in [7, 11) is 0. The molecule has 0 saturated heterocycles. The van der Waals surface area contributed by atoms with Crippen molar-refractivity contribution in [3.63, 3.8) is 0 Å². The maximum absolute atomic E-state index is 10.1. The third-order valence-corrected chi connectivity index (χ3v) is 2.77. The lowest BCUT2D eigenvalue weighted by molar-refractivity contribution is 0.187. The highest BCUT2D eigenvalue weighted by molar-refractivity contribution is 14.0. The van der Waals surface area contributed by atoms with Gasteiger partial charge in [-0.25, -0.2) is 0 Å². The van der Waals surface area contributed by atoms with Gasteiger partial charge in [-0.3, -0.25) is 4.99 Å². The summed E-state index contributed by atoms with van der Waals surface area (Å²) < 4.78 is 0. The van der Waals surface area contributed by atoms with Crippen molar-refractivity contribution >= 4 is 29.9 Å². The quantitative estimate of drug-likeness (QED) is 0.397. The molecular formula is C15H26IN3O. The Kier molecular flexibility index (Phi) is 10.5. The highest BCUT2D eigenvalue weighted by atomic mass is 127. The lowest BCUT2D eigenvalue weighted by atomic mass is 10.1. The van der Waals surface area contributed by atoms with E-state index in [1.807, 2.05) is 38.1 Å². The number of nitrogens with one attached hydrogen (secondary N) is 2. The van der Waals surface area contributed by atoms with Crippen LogP contribution in [-0.2, 0) is 0 Å². The summed E-state index contributed by atoms with van der Waals surface area (Å²) in [5.41, 5.74) is 2.10. The van der Waals surface area contributed by atoms with E-state index in [1.54, 1.807) is 0 Å². The lowest BCUT2D eigenvalue weighted by Crippen LogP contribution is -2.37. The average molecular weight is 391 g/mol. The van der Waals surface area contributed by atoms with Gasteiger partial charge in [0, 0.05) is 13.1 Å². The van der Waals surface area contributed by atoms with Crippen LogP contribution in [0, 0.1) is 6.92 Å². The van der Waals surface area contributed by atoms with Crippen molar-refractivity contribution in [2.75, 3.05) is 19.6 Å². The minimum Gasteiger partial charge on any atom is -0.386 e. The van der Waals surface area contributed by atoms with Crippen molar-refractivity contribution in [1.82, 2.24) is 10.6 Å². The molecule has 3 N–H and O–H groups in total. The molecule has 0 heterocycles. The first kappa shape index (κ1) is 19.2. The van der Waals surface area contributed by atoms with Gasteiger partial charge >= 0.3 is 0 Å². The third kappa shape index (κ3) is 7.09. The van der Waals surface area contributed by atoms with Crippen LogP contribution in [0.4, 0.5) is 0 Å². The number of benzene rings is 1. The molecule has 1 unspecified atom stereocenters. The first-order chi connectivity index (χ1) is 9.17. The van der Waals surface area contributed by atoms with Gasteiger partial charge in [-0.15, -0.1) is 24.0 Å². The summed E-state index contributed by atoms with van der Waals surface area (Å²) in [4.78, 5) is 4.39. The summed E-state index contributed by atoms with van der Waals surface area (Å²) >= 11 is 0. The molecule has 20 heavy (non-hydrogen) atoms. The summed E-state index contributed by atoms with van der Waals surface area (Å²) in [6.07, 6.45) is 0.489. The van der Waals surface area contributed by atoms with Crippen LogP contribution in [0.25, 0.3) is 0 Å². The molecule has 0 radical (unpaired) electrons. The van der Waals surface area contributed by atoms with Gasteiger partial charge in [0.05, 0.1) is 12.6 Å². The molecule has 0 aliphatic carbocycles. The minimum absolute atomic E-state index is 0. The van der Waals surface area contributed by atoms with Crippen molar-refractivity contribution in [3.8, 4) is 0 Å². The molecular weight excluding hydrogens is 365 g/mol. The Hall–Kier alpha value is -0.820. The van der Waals surface area contributed by atoms with Gasteiger partial charge in [0.25, 0.3) is 0 Å². The van der Waals surface area contributed by atoms with Gasteiger partial charge in [0.2, 0.25) is 0 Å². The standard InChI is InChI=1S/C15H25N3O.HI/c1-4-10-17-15(16-5-2)18-11-14(19)13-8-6-12(3)7-9-13;/h6-9,14,19H,4-5,10-11H2,1-3H3,(H2,16,17,18);1H. The molecule has 0 aliphatic heterocycles. The Morgan fingerprint density at radius 1 is 1.20 bits per heavy atom. The first-order valence-corrected chi connectivity index (χ1v) is 6.94. The molecule has 0 amide bonds. The molecule has 0 aromatic heterocycles. The SMILES string of the molecule is CCCNC(=NCC(O)c1ccc(C)cc1)NCC.I. The average Bonchev–Trinajstić information content (AvgIpc) is 2.42. The number of hydrogen-bond donors (Lipinski definition) is 3. The van der Waals surface area contributed by atoms with Crippen molar-refractivity contribution in [3.05, 3.63) is 35.4 Å².